The number of amides is 1. The Labute approximate surface area is 122 Å². The van der Waals surface area contributed by atoms with Gasteiger partial charge >= 0.3 is 0 Å². The predicted octanol–water partition coefficient (Wildman–Crippen LogP) is 3.09. The van der Waals surface area contributed by atoms with Gasteiger partial charge in [-0.1, -0.05) is 65.8 Å². The minimum absolute atomic E-state index is 0.0453. The van der Waals surface area contributed by atoms with Crippen molar-refractivity contribution in [1.82, 2.24) is 0 Å². The van der Waals surface area contributed by atoms with Crippen molar-refractivity contribution in [1.29, 1.82) is 0 Å². The number of primary amides is 1. The highest BCUT2D eigenvalue weighted by Crippen LogP contribution is 2.36. The minimum Gasteiger partial charge on any atom is -0.375 e. The van der Waals surface area contributed by atoms with Crippen molar-refractivity contribution in [3.8, 4) is 0 Å². The van der Waals surface area contributed by atoms with E-state index in [2.05, 4.69) is 20.8 Å². The second-order valence-corrected chi connectivity index (χ2v) is 7.79. The largest absolute Gasteiger partial charge is 0.375 e. The van der Waals surface area contributed by atoms with E-state index in [1.54, 1.807) is 6.07 Å². The van der Waals surface area contributed by atoms with E-state index >= 15 is 0 Å². The number of hydrogen-bond acceptors (Lipinski definition) is 2. The molecule has 1 amide bonds. The molecule has 1 rings (SSSR count). The summed E-state index contributed by atoms with van der Waals surface area (Å²) in [6.07, 6.45) is 0.295. The molecule has 0 aliphatic carbocycles. The van der Waals surface area contributed by atoms with Crippen LogP contribution in [0.2, 0.25) is 0 Å². The first-order valence-corrected chi connectivity index (χ1v) is 6.99. The van der Waals surface area contributed by atoms with Crippen LogP contribution in [0.1, 0.15) is 59.1 Å². The number of nitrogens with two attached hydrogens (primary N) is 1. The lowest BCUT2D eigenvalue weighted by atomic mass is 9.76. The fraction of sp³-hybridized carbons (Fsp3) is 0.588. The normalized spacial score (nSPS) is 15.8. The Bertz CT molecular complexity index is 494. The van der Waals surface area contributed by atoms with Crippen molar-refractivity contribution >= 4 is 5.91 Å². The Kier molecular flexibility index (Phi) is 4.35. The van der Waals surface area contributed by atoms with Gasteiger partial charge in [-0.25, -0.2) is 0 Å². The highest BCUT2D eigenvalue weighted by Gasteiger charge is 2.40. The third-order valence-corrected chi connectivity index (χ3v) is 3.40. The number of benzene rings is 1. The highest BCUT2D eigenvalue weighted by molar-refractivity contribution is 5.84. The molecule has 3 nitrogen and oxygen atoms in total. The van der Waals surface area contributed by atoms with Gasteiger partial charge in [-0.15, -0.1) is 0 Å². The molecule has 1 unspecified atom stereocenters. The van der Waals surface area contributed by atoms with Gasteiger partial charge in [0.1, 0.15) is 0 Å². The summed E-state index contributed by atoms with van der Waals surface area (Å²) in [6, 6.07) is 7.52. The molecule has 0 heterocycles. The standard InChI is InChI=1S/C17H27NO2/c1-15(2,3)11-17(20,14(18)19)13-9-7-8-12(10-13)16(4,5)6/h7-10,20H,11H2,1-6H3,(H2,18,19). The molecule has 0 spiro atoms. The lowest BCUT2D eigenvalue weighted by Crippen LogP contribution is -2.44. The van der Waals surface area contributed by atoms with Gasteiger partial charge in [0, 0.05) is 0 Å². The number of rotatable bonds is 3. The van der Waals surface area contributed by atoms with Crippen LogP contribution in [-0.4, -0.2) is 11.0 Å². The van der Waals surface area contributed by atoms with Crippen molar-refractivity contribution in [3.63, 3.8) is 0 Å². The van der Waals surface area contributed by atoms with E-state index in [1.165, 1.54) is 0 Å². The van der Waals surface area contributed by atoms with E-state index in [4.69, 9.17) is 5.73 Å². The van der Waals surface area contributed by atoms with Gasteiger partial charge in [-0.2, -0.15) is 0 Å². The van der Waals surface area contributed by atoms with Gasteiger partial charge in [-0.05, 0) is 28.4 Å². The third-order valence-electron chi connectivity index (χ3n) is 3.40. The zero-order valence-electron chi connectivity index (χ0n) is 13.4. The Morgan fingerprint density at radius 1 is 1.10 bits per heavy atom. The molecule has 112 valence electrons. The van der Waals surface area contributed by atoms with Crippen LogP contribution in [0, 0.1) is 5.41 Å². The number of hydrogen-bond donors (Lipinski definition) is 2. The van der Waals surface area contributed by atoms with E-state index < -0.39 is 11.5 Å². The maximum absolute atomic E-state index is 11.8. The molecule has 1 aromatic rings. The topological polar surface area (TPSA) is 63.3 Å². The van der Waals surface area contributed by atoms with Crippen molar-refractivity contribution in [2.75, 3.05) is 0 Å². The van der Waals surface area contributed by atoms with Crippen LogP contribution in [0.25, 0.3) is 0 Å². The summed E-state index contributed by atoms with van der Waals surface area (Å²) in [7, 11) is 0. The van der Waals surface area contributed by atoms with Gasteiger partial charge < -0.3 is 10.8 Å². The number of aliphatic hydroxyl groups is 1. The molecule has 3 N–H and O–H groups in total. The fourth-order valence-corrected chi connectivity index (χ4v) is 2.34. The predicted molar refractivity (Wildman–Crippen MR) is 82.3 cm³/mol. The molecule has 0 aliphatic rings. The monoisotopic (exact) mass is 277 g/mol. The van der Waals surface area contributed by atoms with Crippen LogP contribution in [0.5, 0.6) is 0 Å². The molecule has 1 aromatic carbocycles. The Balaban J connectivity index is 3.33. The van der Waals surface area contributed by atoms with Gasteiger partial charge in [0.15, 0.2) is 5.60 Å². The van der Waals surface area contributed by atoms with Crippen molar-refractivity contribution in [3.05, 3.63) is 35.4 Å². The van der Waals surface area contributed by atoms with E-state index in [0.717, 1.165) is 5.56 Å². The van der Waals surface area contributed by atoms with Gasteiger partial charge in [0.05, 0.1) is 0 Å². The summed E-state index contributed by atoms with van der Waals surface area (Å²) < 4.78 is 0. The Morgan fingerprint density at radius 3 is 2.00 bits per heavy atom. The van der Waals surface area contributed by atoms with E-state index in [0.29, 0.717) is 12.0 Å². The average Bonchev–Trinajstić information content (AvgIpc) is 2.25. The van der Waals surface area contributed by atoms with Crippen molar-refractivity contribution < 1.29 is 9.90 Å². The van der Waals surface area contributed by atoms with Crippen LogP contribution in [0.3, 0.4) is 0 Å². The van der Waals surface area contributed by atoms with Gasteiger partial charge in [-0.3, -0.25) is 4.79 Å². The SMILES string of the molecule is CC(C)(C)CC(O)(C(N)=O)c1cccc(C(C)(C)C)c1. The Hall–Kier alpha value is -1.35. The summed E-state index contributed by atoms with van der Waals surface area (Å²) in [5.74, 6) is -0.696. The second-order valence-electron chi connectivity index (χ2n) is 7.79. The van der Waals surface area contributed by atoms with E-state index in [9.17, 15) is 9.90 Å². The smallest absolute Gasteiger partial charge is 0.254 e. The van der Waals surface area contributed by atoms with Crippen LogP contribution < -0.4 is 5.73 Å². The van der Waals surface area contributed by atoms with Crippen LogP contribution in [0.15, 0.2) is 24.3 Å². The maximum atomic E-state index is 11.8. The van der Waals surface area contributed by atoms with Gasteiger partial charge in [0.25, 0.3) is 5.91 Å². The molecule has 3 heteroatoms. The lowest BCUT2D eigenvalue weighted by molar-refractivity contribution is -0.140. The molecule has 0 aromatic heterocycles. The zero-order chi connectivity index (χ0) is 15.8. The van der Waals surface area contributed by atoms with Crippen LogP contribution >= 0.6 is 0 Å². The first kappa shape index (κ1) is 16.7. The molecule has 0 bridgehead atoms. The van der Waals surface area contributed by atoms with Crippen molar-refractivity contribution in [2.24, 2.45) is 11.1 Å². The molecule has 0 aliphatic heterocycles. The molecular weight excluding hydrogens is 250 g/mol. The van der Waals surface area contributed by atoms with Gasteiger partial charge in [0.2, 0.25) is 0 Å². The summed E-state index contributed by atoms with van der Waals surface area (Å²) >= 11 is 0. The highest BCUT2D eigenvalue weighted by atomic mass is 16.3. The Morgan fingerprint density at radius 2 is 1.60 bits per heavy atom. The molecular formula is C17H27NO2. The molecule has 1 atom stereocenters. The quantitative estimate of drug-likeness (QED) is 0.891. The lowest BCUT2D eigenvalue weighted by Gasteiger charge is -2.33. The molecule has 0 fully saturated rings. The average molecular weight is 277 g/mol. The summed E-state index contributed by atoms with van der Waals surface area (Å²) in [5, 5.41) is 10.8. The molecule has 0 saturated carbocycles. The first-order chi connectivity index (χ1) is 8.86. The van der Waals surface area contributed by atoms with E-state index in [-0.39, 0.29) is 10.8 Å². The second kappa shape index (κ2) is 5.21. The van der Waals surface area contributed by atoms with Crippen molar-refractivity contribution in [2.45, 2.75) is 59.0 Å². The minimum atomic E-state index is -1.63. The summed E-state index contributed by atoms with van der Waals surface area (Å²) in [4.78, 5) is 11.8. The first-order valence-electron chi connectivity index (χ1n) is 6.99. The number of carbonyl (C=O) groups excluding carboxylic acids is 1. The maximum Gasteiger partial charge on any atom is 0.254 e. The van der Waals surface area contributed by atoms with E-state index in [1.807, 2.05) is 39.0 Å². The fourth-order valence-electron chi connectivity index (χ4n) is 2.34. The molecule has 0 saturated heterocycles. The van der Waals surface area contributed by atoms with Crippen LogP contribution in [-0.2, 0) is 15.8 Å². The summed E-state index contributed by atoms with van der Waals surface area (Å²) in [5.41, 5.74) is 5.25. The molecule has 20 heavy (non-hydrogen) atoms. The summed E-state index contributed by atoms with van der Waals surface area (Å²) in [6.45, 7) is 12.2. The molecule has 0 radical (unpaired) electrons. The third kappa shape index (κ3) is 3.83. The zero-order valence-corrected chi connectivity index (χ0v) is 13.4. The van der Waals surface area contributed by atoms with Crippen LogP contribution in [0.4, 0.5) is 0 Å². The number of carbonyl (C=O) groups is 1.